The van der Waals surface area contributed by atoms with Gasteiger partial charge in [0.2, 0.25) is 5.91 Å². The molecule has 2 aromatic carbocycles. The van der Waals surface area contributed by atoms with Crippen LogP contribution in [0, 0.1) is 13.8 Å². The molecule has 9 heteroatoms. The Bertz CT molecular complexity index is 1520. The summed E-state index contributed by atoms with van der Waals surface area (Å²) >= 11 is 1.26. The number of amides is 1. The lowest BCUT2D eigenvalue weighted by Crippen LogP contribution is -2.41. The van der Waals surface area contributed by atoms with E-state index < -0.39 is 5.69 Å². The maximum Gasteiger partial charge on any atom is 0.336 e. The molecule has 4 rings (SSSR count). The molecule has 0 unspecified atom stereocenters. The Kier molecular flexibility index (Phi) is 7.07. The number of benzene rings is 2. The summed E-state index contributed by atoms with van der Waals surface area (Å²) < 4.78 is 13.5. The van der Waals surface area contributed by atoms with E-state index in [9.17, 15) is 14.4 Å². The van der Waals surface area contributed by atoms with Crippen LogP contribution in [0.3, 0.4) is 0 Å². The summed E-state index contributed by atoms with van der Waals surface area (Å²) in [4.78, 5) is 39.4. The number of hydrogen-bond donors (Lipinski definition) is 1. The Balaban J connectivity index is 1.57. The summed E-state index contributed by atoms with van der Waals surface area (Å²) in [6, 6.07) is 12.8. The first kappa shape index (κ1) is 24.3. The smallest absolute Gasteiger partial charge is 0.336 e. The van der Waals surface area contributed by atoms with Crippen molar-refractivity contribution in [1.29, 1.82) is 0 Å². The van der Waals surface area contributed by atoms with Crippen LogP contribution in [0.4, 0.5) is 0 Å². The molecule has 0 saturated heterocycles. The molecular weight excluding hydrogens is 466 g/mol. The van der Waals surface area contributed by atoms with Crippen molar-refractivity contribution in [3.8, 4) is 17.2 Å². The number of aromatic nitrogens is 2. The minimum atomic E-state index is -0.539. The number of fused-ring (bicyclic) bond motifs is 1. The van der Waals surface area contributed by atoms with Gasteiger partial charge in [0.05, 0.1) is 25.4 Å². The predicted molar refractivity (Wildman–Crippen MR) is 137 cm³/mol. The topological polar surface area (TPSA) is 91.6 Å². The summed E-state index contributed by atoms with van der Waals surface area (Å²) in [7, 11) is 3.15. The van der Waals surface area contributed by atoms with Gasteiger partial charge in [-0.25, -0.2) is 9.36 Å². The van der Waals surface area contributed by atoms with Crippen LogP contribution in [0.2, 0.25) is 0 Å². The second kappa shape index (κ2) is 10.2. The SMILES string of the molecule is COc1ccc(CCNC(=O)Cn2c(=O)n(-c3ccc(C)cc3C)c(=O)c3sccc32)cc1OC. The van der Waals surface area contributed by atoms with Gasteiger partial charge >= 0.3 is 5.69 Å². The molecule has 182 valence electrons. The van der Waals surface area contributed by atoms with Gasteiger partial charge in [0.15, 0.2) is 11.5 Å². The highest BCUT2D eigenvalue weighted by Crippen LogP contribution is 2.27. The lowest BCUT2D eigenvalue weighted by molar-refractivity contribution is -0.121. The van der Waals surface area contributed by atoms with Gasteiger partial charge in [-0.3, -0.25) is 14.2 Å². The molecule has 0 saturated carbocycles. The predicted octanol–water partition coefficient (Wildman–Crippen LogP) is 3.21. The van der Waals surface area contributed by atoms with Crippen LogP contribution in [-0.2, 0) is 17.8 Å². The second-order valence-corrected chi connectivity index (χ2v) is 9.14. The molecule has 1 amide bonds. The van der Waals surface area contributed by atoms with Gasteiger partial charge < -0.3 is 14.8 Å². The monoisotopic (exact) mass is 493 g/mol. The molecule has 35 heavy (non-hydrogen) atoms. The first-order valence-electron chi connectivity index (χ1n) is 11.1. The summed E-state index contributed by atoms with van der Waals surface area (Å²) in [5, 5.41) is 4.62. The van der Waals surface area contributed by atoms with Crippen LogP contribution < -0.4 is 26.0 Å². The second-order valence-electron chi connectivity index (χ2n) is 8.22. The average Bonchev–Trinajstić information content (AvgIpc) is 3.33. The lowest BCUT2D eigenvalue weighted by atomic mass is 10.1. The van der Waals surface area contributed by atoms with Crippen molar-refractivity contribution in [1.82, 2.24) is 14.5 Å². The molecule has 0 radical (unpaired) electrons. The largest absolute Gasteiger partial charge is 0.493 e. The van der Waals surface area contributed by atoms with Crippen LogP contribution in [0.15, 0.2) is 57.4 Å². The Hall–Kier alpha value is -3.85. The minimum Gasteiger partial charge on any atom is -0.493 e. The number of carbonyl (C=O) groups is 1. The van der Waals surface area contributed by atoms with Crippen LogP contribution in [-0.4, -0.2) is 35.8 Å². The Morgan fingerprint density at radius 1 is 1.00 bits per heavy atom. The Labute approximate surface area is 206 Å². The van der Waals surface area contributed by atoms with Crippen LogP contribution in [0.1, 0.15) is 16.7 Å². The van der Waals surface area contributed by atoms with E-state index in [1.807, 2.05) is 44.2 Å². The summed E-state index contributed by atoms with van der Waals surface area (Å²) in [5.74, 6) is 0.945. The van der Waals surface area contributed by atoms with Gasteiger partial charge in [-0.2, -0.15) is 0 Å². The summed E-state index contributed by atoms with van der Waals surface area (Å²) in [5.41, 5.74) is 2.88. The maximum atomic E-state index is 13.4. The number of nitrogens with one attached hydrogen (secondary N) is 1. The van der Waals surface area contributed by atoms with Crippen molar-refractivity contribution < 1.29 is 14.3 Å². The number of ether oxygens (including phenoxy) is 2. The molecule has 0 atom stereocenters. The van der Waals surface area contributed by atoms with Crippen molar-refractivity contribution >= 4 is 27.5 Å². The highest BCUT2D eigenvalue weighted by Gasteiger charge is 2.18. The molecule has 0 aliphatic carbocycles. The average molecular weight is 494 g/mol. The number of carbonyl (C=O) groups excluding carboxylic acids is 1. The van der Waals surface area contributed by atoms with Crippen molar-refractivity contribution in [2.24, 2.45) is 0 Å². The minimum absolute atomic E-state index is 0.191. The number of nitrogens with zero attached hydrogens (tertiary/aromatic N) is 2. The number of hydrogen-bond acceptors (Lipinski definition) is 6. The molecular formula is C26H27N3O5S. The first-order chi connectivity index (χ1) is 16.8. The first-order valence-corrected chi connectivity index (χ1v) is 12.0. The highest BCUT2D eigenvalue weighted by atomic mass is 32.1. The third-order valence-corrected chi connectivity index (χ3v) is 6.73. The van der Waals surface area contributed by atoms with Crippen LogP contribution >= 0.6 is 11.3 Å². The van der Waals surface area contributed by atoms with E-state index in [0.717, 1.165) is 21.3 Å². The molecule has 1 N–H and O–H groups in total. The van der Waals surface area contributed by atoms with E-state index in [0.29, 0.717) is 40.4 Å². The van der Waals surface area contributed by atoms with Gasteiger partial charge in [0.25, 0.3) is 5.56 Å². The van der Waals surface area contributed by atoms with Gasteiger partial charge in [-0.1, -0.05) is 23.8 Å². The number of methoxy groups -OCH3 is 2. The number of rotatable bonds is 8. The zero-order valence-electron chi connectivity index (χ0n) is 20.1. The molecule has 2 aromatic heterocycles. The van der Waals surface area contributed by atoms with Crippen LogP contribution in [0.25, 0.3) is 15.9 Å². The van der Waals surface area contributed by atoms with Gasteiger partial charge in [0.1, 0.15) is 11.2 Å². The normalized spacial score (nSPS) is 11.0. The van der Waals surface area contributed by atoms with Crippen molar-refractivity contribution in [2.45, 2.75) is 26.8 Å². The Morgan fingerprint density at radius 2 is 1.77 bits per heavy atom. The quantitative estimate of drug-likeness (QED) is 0.407. The van der Waals surface area contributed by atoms with E-state index in [2.05, 4.69) is 5.32 Å². The molecule has 0 aliphatic rings. The molecule has 8 nitrogen and oxygen atoms in total. The zero-order valence-corrected chi connectivity index (χ0v) is 20.9. The number of thiophene rings is 1. The molecule has 4 aromatic rings. The Morgan fingerprint density at radius 3 is 2.49 bits per heavy atom. The van der Waals surface area contributed by atoms with E-state index in [1.165, 1.54) is 15.9 Å². The third-order valence-electron chi connectivity index (χ3n) is 5.83. The molecule has 2 heterocycles. The third kappa shape index (κ3) is 4.85. The fourth-order valence-corrected chi connectivity index (χ4v) is 4.91. The summed E-state index contributed by atoms with van der Waals surface area (Å²) in [6.45, 7) is 4.00. The molecule has 0 aliphatic heterocycles. The lowest BCUT2D eigenvalue weighted by Gasteiger charge is -2.14. The van der Waals surface area contributed by atoms with Gasteiger partial charge in [-0.05, 0) is 61.0 Å². The van der Waals surface area contributed by atoms with Gasteiger partial charge in [0, 0.05) is 6.54 Å². The molecule has 0 fully saturated rings. The maximum absolute atomic E-state index is 13.4. The molecule has 0 bridgehead atoms. The van der Waals surface area contributed by atoms with E-state index >= 15 is 0 Å². The summed E-state index contributed by atoms with van der Waals surface area (Å²) in [6.07, 6.45) is 0.580. The van der Waals surface area contributed by atoms with Gasteiger partial charge in [-0.15, -0.1) is 11.3 Å². The standard InChI is InChI=1S/C26H27N3O5S/c1-16-5-7-19(17(2)13-16)29-25(31)24-20(10-12-35-24)28(26(29)32)15-23(30)27-11-9-18-6-8-21(33-3)22(14-18)34-4/h5-8,10,12-14H,9,11,15H2,1-4H3,(H,27,30). The van der Waals surface area contributed by atoms with E-state index in [-0.39, 0.29) is 18.0 Å². The zero-order chi connectivity index (χ0) is 25.1. The molecule has 0 spiro atoms. The van der Waals surface area contributed by atoms with E-state index in [4.69, 9.17) is 9.47 Å². The fraction of sp³-hybridized carbons (Fsp3) is 0.269. The van der Waals surface area contributed by atoms with Crippen molar-refractivity contribution in [3.63, 3.8) is 0 Å². The van der Waals surface area contributed by atoms with Crippen molar-refractivity contribution in [3.05, 3.63) is 85.4 Å². The van der Waals surface area contributed by atoms with Crippen molar-refractivity contribution in [2.75, 3.05) is 20.8 Å². The highest BCUT2D eigenvalue weighted by molar-refractivity contribution is 7.17. The van der Waals surface area contributed by atoms with E-state index in [1.54, 1.807) is 31.7 Å². The number of aryl methyl sites for hydroxylation is 2. The fourth-order valence-electron chi connectivity index (χ4n) is 4.09. The van der Waals surface area contributed by atoms with Crippen LogP contribution in [0.5, 0.6) is 11.5 Å².